The summed E-state index contributed by atoms with van der Waals surface area (Å²) < 4.78 is 10.8. The summed E-state index contributed by atoms with van der Waals surface area (Å²) in [4.78, 5) is 12.0. The van der Waals surface area contributed by atoms with Gasteiger partial charge in [0.05, 0.1) is 20.1 Å². The molecule has 23 heavy (non-hydrogen) atoms. The molecule has 2 rings (SSSR count). The molecule has 0 heterocycles. The van der Waals surface area contributed by atoms with Crippen molar-refractivity contribution in [3.8, 4) is 11.5 Å². The maximum absolute atomic E-state index is 12.0. The highest BCUT2D eigenvalue weighted by Crippen LogP contribution is 2.25. The smallest absolute Gasteiger partial charge is 0.224 e. The molecule has 122 valence electrons. The zero-order valence-corrected chi connectivity index (χ0v) is 13.9. The second-order valence-electron chi connectivity index (χ2n) is 5.46. The SMILES string of the molecule is COc1ccccc1OCCNC(=O)Cc1cc(C)ccc1C. The summed E-state index contributed by atoms with van der Waals surface area (Å²) in [6, 6.07) is 13.6. The Kier molecular flexibility index (Phi) is 6.03. The molecule has 4 heteroatoms. The van der Waals surface area contributed by atoms with Crippen molar-refractivity contribution >= 4 is 5.91 Å². The highest BCUT2D eigenvalue weighted by molar-refractivity contribution is 5.78. The maximum atomic E-state index is 12.0. The Hall–Kier alpha value is -2.49. The van der Waals surface area contributed by atoms with Gasteiger partial charge in [-0.2, -0.15) is 0 Å². The van der Waals surface area contributed by atoms with E-state index in [9.17, 15) is 4.79 Å². The summed E-state index contributed by atoms with van der Waals surface area (Å²) in [5, 5.41) is 2.88. The summed E-state index contributed by atoms with van der Waals surface area (Å²) in [6.07, 6.45) is 0.391. The van der Waals surface area contributed by atoms with Gasteiger partial charge in [-0.1, -0.05) is 35.9 Å². The number of nitrogens with one attached hydrogen (secondary N) is 1. The van der Waals surface area contributed by atoms with Gasteiger partial charge in [-0.15, -0.1) is 0 Å². The van der Waals surface area contributed by atoms with Crippen molar-refractivity contribution in [1.29, 1.82) is 0 Å². The molecule has 1 N–H and O–H groups in total. The Labute approximate surface area is 137 Å². The third-order valence-electron chi connectivity index (χ3n) is 3.61. The Bertz CT molecular complexity index is 667. The minimum atomic E-state index is 0.00215. The molecule has 0 radical (unpaired) electrons. The first-order valence-electron chi connectivity index (χ1n) is 7.69. The van der Waals surface area contributed by atoms with E-state index in [1.165, 1.54) is 0 Å². The molecule has 2 aromatic carbocycles. The molecule has 0 saturated carbocycles. The van der Waals surface area contributed by atoms with E-state index in [2.05, 4.69) is 17.4 Å². The first-order valence-corrected chi connectivity index (χ1v) is 7.69. The van der Waals surface area contributed by atoms with Crippen molar-refractivity contribution in [3.63, 3.8) is 0 Å². The zero-order valence-electron chi connectivity index (χ0n) is 13.9. The monoisotopic (exact) mass is 313 g/mol. The molecule has 0 spiro atoms. The standard InChI is InChI=1S/C19H23NO3/c1-14-8-9-15(2)16(12-14)13-19(21)20-10-11-23-18-7-5-4-6-17(18)22-3/h4-9,12H,10-11,13H2,1-3H3,(H,20,21). The van der Waals surface area contributed by atoms with Crippen LogP contribution in [0.15, 0.2) is 42.5 Å². The van der Waals surface area contributed by atoms with Crippen LogP contribution in [0.2, 0.25) is 0 Å². The lowest BCUT2D eigenvalue weighted by molar-refractivity contribution is -0.120. The summed E-state index contributed by atoms with van der Waals surface area (Å²) in [7, 11) is 1.61. The second kappa shape index (κ2) is 8.22. The number of hydrogen-bond donors (Lipinski definition) is 1. The van der Waals surface area contributed by atoms with Crippen LogP contribution in [-0.2, 0) is 11.2 Å². The predicted molar refractivity (Wildman–Crippen MR) is 91.1 cm³/mol. The molecule has 0 aromatic heterocycles. The van der Waals surface area contributed by atoms with E-state index >= 15 is 0 Å². The first-order chi connectivity index (χ1) is 11.1. The quantitative estimate of drug-likeness (QED) is 0.799. The number of benzene rings is 2. The molecule has 0 aliphatic heterocycles. The molecule has 2 aromatic rings. The summed E-state index contributed by atoms with van der Waals surface area (Å²) in [5.41, 5.74) is 3.36. The van der Waals surface area contributed by atoms with Gasteiger partial charge in [0.2, 0.25) is 5.91 Å². The molecular formula is C19H23NO3. The average molecular weight is 313 g/mol. The first kappa shape index (κ1) is 16.9. The summed E-state index contributed by atoms with van der Waals surface area (Å²) >= 11 is 0. The minimum absolute atomic E-state index is 0.00215. The van der Waals surface area contributed by atoms with Gasteiger partial charge in [0, 0.05) is 0 Å². The lowest BCUT2D eigenvalue weighted by Gasteiger charge is -2.11. The van der Waals surface area contributed by atoms with Crippen LogP contribution in [0.25, 0.3) is 0 Å². The largest absolute Gasteiger partial charge is 0.493 e. The van der Waals surface area contributed by atoms with Gasteiger partial charge in [-0.3, -0.25) is 4.79 Å². The number of methoxy groups -OCH3 is 1. The van der Waals surface area contributed by atoms with Crippen LogP contribution in [0.1, 0.15) is 16.7 Å². The van der Waals surface area contributed by atoms with Crippen LogP contribution >= 0.6 is 0 Å². The van der Waals surface area contributed by atoms with Gasteiger partial charge in [-0.05, 0) is 37.1 Å². The van der Waals surface area contributed by atoms with Crippen LogP contribution in [0.4, 0.5) is 0 Å². The molecule has 1 amide bonds. The fourth-order valence-electron chi connectivity index (χ4n) is 2.32. The topological polar surface area (TPSA) is 47.6 Å². The van der Waals surface area contributed by atoms with Crippen LogP contribution in [0, 0.1) is 13.8 Å². The third kappa shape index (κ3) is 5.02. The molecule has 0 bridgehead atoms. The van der Waals surface area contributed by atoms with E-state index in [1.807, 2.05) is 44.2 Å². The average Bonchev–Trinajstić information content (AvgIpc) is 2.55. The van der Waals surface area contributed by atoms with Crippen molar-refractivity contribution in [1.82, 2.24) is 5.32 Å². The van der Waals surface area contributed by atoms with E-state index in [0.29, 0.717) is 31.1 Å². The molecule has 0 saturated heterocycles. The van der Waals surface area contributed by atoms with Crippen LogP contribution in [0.5, 0.6) is 11.5 Å². The Morgan fingerprint density at radius 3 is 2.57 bits per heavy atom. The number of rotatable bonds is 7. The number of ether oxygens (including phenoxy) is 2. The fraction of sp³-hybridized carbons (Fsp3) is 0.316. The zero-order chi connectivity index (χ0) is 16.7. The van der Waals surface area contributed by atoms with Crippen LogP contribution in [-0.4, -0.2) is 26.2 Å². The van der Waals surface area contributed by atoms with E-state index in [1.54, 1.807) is 7.11 Å². The Morgan fingerprint density at radius 1 is 1.09 bits per heavy atom. The number of amides is 1. The Balaban J connectivity index is 1.78. The summed E-state index contributed by atoms with van der Waals surface area (Å²) in [6.45, 7) is 4.91. The lowest BCUT2D eigenvalue weighted by atomic mass is 10.0. The van der Waals surface area contributed by atoms with Crippen molar-refractivity contribution in [2.24, 2.45) is 0 Å². The number of aryl methyl sites for hydroxylation is 2. The molecule has 0 aliphatic rings. The van der Waals surface area contributed by atoms with Gasteiger partial charge >= 0.3 is 0 Å². The Morgan fingerprint density at radius 2 is 1.83 bits per heavy atom. The predicted octanol–water partition coefficient (Wildman–Crippen LogP) is 3.05. The molecular weight excluding hydrogens is 290 g/mol. The number of carbonyl (C=O) groups excluding carboxylic acids is 1. The van der Waals surface area contributed by atoms with Gasteiger partial charge < -0.3 is 14.8 Å². The minimum Gasteiger partial charge on any atom is -0.493 e. The van der Waals surface area contributed by atoms with Gasteiger partial charge in [0.1, 0.15) is 6.61 Å². The highest BCUT2D eigenvalue weighted by atomic mass is 16.5. The van der Waals surface area contributed by atoms with E-state index in [-0.39, 0.29) is 5.91 Å². The second-order valence-corrected chi connectivity index (χ2v) is 5.46. The van der Waals surface area contributed by atoms with Gasteiger partial charge in [0.15, 0.2) is 11.5 Å². The van der Waals surface area contributed by atoms with Crippen molar-refractivity contribution < 1.29 is 14.3 Å². The van der Waals surface area contributed by atoms with Crippen molar-refractivity contribution in [3.05, 3.63) is 59.2 Å². The lowest BCUT2D eigenvalue weighted by Crippen LogP contribution is -2.29. The maximum Gasteiger partial charge on any atom is 0.224 e. The molecule has 0 fully saturated rings. The van der Waals surface area contributed by atoms with Crippen molar-refractivity contribution in [2.75, 3.05) is 20.3 Å². The fourth-order valence-corrected chi connectivity index (χ4v) is 2.32. The molecule has 0 aliphatic carbocycles. The van der Waals surface area contributed by atoms with Crippen molar-refractivity contribution in [2.45, 2.75) is 20.3 Å². The number of para-hydroxylation sites is 2. The molecule has 0 unspecified atom stereocenters. The molecule has 0 atom stereocenters. The van der Waals surface area contributed by atoms with E-state index < -0.39 is 0 Å². The third-order valence-corrected chi connectivity index (χ3v) is 3.61. The number of carbonyl (C=O) groups is 1. The normalized spacial score (nSPS) is 10.2. The molecule has 4 nitrogen and oxygen atoms in total. The van der Waals surface area contributed by atoms with Gasteiger partial charge in [-0.25, -0.2) is 0 Å². The van der Waals surface area contributed by atoms with Crippen LogP contribution in [0.3, 0.4) is 0 Å². The van der Waals surface area contributed by atoms with Gasteiger partial charge in [0.25, 0.3) is 0 Å². The van der Waals surface area contributed by atoms with E-state index in [4.69, 9.17) is 9.47 Å². The summed E-state index contributed by atoms with van der Waals surface area (Å²) in [5.74, 6) is 1.37. The number of hydrogen-bond acceptors (Lipinski definition) is 3. The van der Waals surface area contributed by atoms with E-state index in [0.717, 1.165) is 16.7 Å². The van der Waals surface area contributed by atoms with Crippen LogP contribution < -0.4 is 14.8 Å². The highest BCUT2D eigenvalue weighted by Gasteiger charge is 2.07.